The summed E-state index contributed by atoms with van der Waals surface area (Å²) in [6.07, 6.45) is 2.29. The van der Waals surface area contributed by atoms with Crippen molar-refractivity contribution in [1.82, 2.24) is 20.0 Å². The predicted octanol–water partition coefficient (Wildman–Crippen LogP) is 3.38. The molecule has 0 saturated carbocycles. The number of aromatic nitrogens is 4. The summed E-state index contributed by atoms with van der Waals surface area (Å²) in [5.41, 5.74) is 3.18. The number of hydrogen-bond acceptors (Lipinski definition) is 4. The van der Waals surface area contributed by atoms with E-state index in [1.807, 2.05) is 44.3 Å². The van der Waals surface area contributed by atoms with Gasteiger partial charge in [-0.05, 0) is 12.8 Å². The molecule has 1 aliphatic rings. The van der Waals surface area contributed by atoms with Crippen molar-refractivity contribution in [2.75, 3.05) is 11.9 Å². The second-order valence-corrected chi connectivity index (χ2v) is 6.30. The summed E-state index contributed by atoms with van der Waals surface area (Å²) in [4.78, 5) is 12.8. The number of anilines is 1. The first kappa shape index (κ1) is 16.4. The van der Waals surface area contributed by atoms with Crippen LogP contribution in [0.4, 0.5) is 5.82 Å². The highest BCUT2D eigenvalue weighted by atomic mass is 16.5. The fourth-order valence-electron chi connectivity index (χ4n) is 3.34. The summed E-state index contributed by atoms with van der Waals surface area (Å²) in [7, 11) is 1.84. The second kappa shape index (κ2) is 6.67. The third-order valence-corrected chi connectivity index (χ3v) is 4.61. The number of carbonyl (C=O) groups is 1. The Morgan fingerprint density at radius 2 is 2.15 bits per heavy atom. The predicted molar refractivity (Wildman–Crippen MR) is 99.4 cm³/mol. The van der Waals surface area contributed by atoms with Crippen LogP contribution in [0.25, 0.3) is 22.3 Å². The van der Waals surface area contributed by atoms with Crippen LogP contribution in [0.2, 0.25) is 0 Å². The third-order valence-electron chi connectivity index (χ3n) is 4.61. The van der Waals surface area contributed by atoms with Crippen molar-refractivity contribution in [3.8, 4) is 11.3 Å². The van der Waals surface area contributed by atoms with E-state index < -0.39 is 0 Å². The Morgan fingerprint density at radius 3 is 2.92 bits per heavy atom. The summed E-state index contributed by atoms with van der Waals surface area (Å²) in [5, 5.41) is 15.6. The van der Waals surface area contributed by atoms with Gasteiger partial charge in [0.15, 0.2) is 5.65 Å². The molecule has 0 fully saturated rings. The molecule has 7 heteroatoms. The second-order valence-electron chi connectivity index (χ2n) is 6.30. The lowest BCUT2D eigenvalue weighted by molar-refractivity contribution is -0.113. The Morgan fingerprint density at radius 1 is 1.35 bits per heavy atom. The van der Waals surface area contributed by atoms with Crippen molar-refractivity contribution in [2.24, 2.45) is 7.05 Å². The zero-order chi connectivity index (χ0) is 18.1. The van der Waals surface area contributed by atoms with Crippen molar-refractivity contribution in [2.45, 2.75) is 26.2 Å². The van der Waals surface area contributed by atoms with E-state index in [1.54, 1.807) is 4.68 Å². The summed E-state index contributed by atoms with van der Waals surface area (Å²) < 4.78 is 7.35. The third kappa shape index (κ3) is 2.75. The number of ether oxygens (including phenoxy) is 1. The van der Waals surface area contributed by atoms with Gasteiger partial charge < -0.3 is 10.1 Å². The van der Waals surface area contributed by atoms with Crippen LogP contribution in [-0.4, -0.2) is 32.5 Å². The molecule has 2 aromatic heterocycles. The van der Waals surface area contributed by atoms with E-state index in [0.717, 1.165) is 35.2 Å². The van der Waals surface area contributed by atoms with Crippen molar-refractivity contribution in [1.29, 1.82) is 0 Å². The molecule has 0 unspecified atom stereocenters. The molecule has 3 heterocycles. The average molecular weight is 351 g/mol. The van der Waals surface area contributed by atoms with Gasteiger partial charge in [-0.2, -0.15) is 10.2 Å². The number of aromatic amines is 1. The summed E-state index contributed by atoms with van der Waals surface area (Å²) in [6.45, 7) is 2.67. The van der Waals surface area contributed by atoms with Crippen LogP contribution in [0, 0.1) is 0 Å². The highest BCUT2D eigenvalue weighted by molar-refractivity contribution is 6.10. The number of amides is 1. The normalized spacial score (nSPS) is 14.5. The Kier molecular flexibility index (Phi) is 4.20. The minimum absolute atomic E-state index is 0.144. The van der Waals surface area contributed by atoms with Crippen LogP contribution in [0.15, 0.2) is 41.7 Å². The molecule has 0 radical (unpaired) electrons. The van der Waals surface area contributed by atoms with E-state index in [-0.39, 0.29) is 5.91 Å². The minimum atomic E-state index is -0.144. The fourth-order valence-corrected chi connectivity index (χ4v) is 3.34. The van der Waals surface area contributed by atoms with Gasteiger partial charge in [0.25, 0.3) is 5.91 Å². The van der Waals surface area contributed by atoms with E-state index in [9.17, 15) is 4.79 Å². The summed E-state index contributed by atoms with van der Waals surface area (Å²) in [5.74, 6) is 1.19. The largest absolute Gasteiger partial charge is 0.497 e. The fraction of sp³-hybridized carbons (Fsp3) is 0.316. The first-order chi connectivity index (χ1) is 12.7. The number of hydrogen-bond donors (Lipinski definition) is 2. The smallest absolute Gasteiger partial charge is 0.256 e. The van der Waals surface area contributed by atoms with Crippen LogP contribution in [0.3, 0.4) is 0 Å². The van der Waals surface area contributed by atoms with Gasteiger partial charge in [0.05, 0.1) is 17.6 Å². The molecule has 1 aromatic carbocycles. The molecule has 4 rings (SSSR count). The highest BCUT2D eigenvalue weighted by Crippen LogP contribution is 2.32. The number of fused-ring (bicyclic) bond motifs is 1. The SMILES string of the molecule is CCC1=C(C(=O)Nc2[nH]nc3c2c(-c2ccccc2)nn3C)CCCO1. The Hall–Kier alpha value is -3.09. The molecule has 3 aromatic rings. The standard InChI is InChI=1S/C19H21N5O2/c1-3-14-13(10-7-11-26-14)19(25)20-17-15-16(12-8-5-4-6-9-12)23-24(2)18(15)22-21-17/h4-6,8-9H,3,7,10-11H2,1-2H3,(H2,20,21,22,25). The lowest BCUT2D eigenvalue weighted by atomic mass is 10.0. The molecule has 134 valence electrons. The number of aryl methyl sites for hydroxylation is 1. The number of nitrogens with zero attached hydrogens (tertiary/aromatic N) is 3. The van der Waals surface area contributed by atoms with Crippen LogP contribution in [0.5, 0.6) is 0 Å². The van der Waals surface area contributed by atoms with Gasteiger partial charge in [-0.15, -0.1) is 0 Å². The highest BCUT2D eigenvalue weighted by Gasteiger charge is 2.23. The van der Waals surface area contributed by atoms with Gasteiger partial charge in [0.2, 0.25) is 0 Å². The molecule has 0 atom stereocenters. The zero-order valence-electron chi connectivity index (χ0n) is 14.9. The average Bonchev–Trinajstić information content (AvgIpc) is 3.24. The first-order valence-electron chi connectivity index (χ1n) is 8.81. The van der Waals surface area contributed by atoms with E-state index in [2.05, 4.69) is 20.6 Å². The van der Waals surface area contributed by atoms with Gasteiger partial charge in [-0.1, -0.05) is 37.3 Å². The molecule has 7 nitrogen and oxygen atoms in total. The zero-order valence-corrected chi connectivity index (χ0v) is 14.9. The quantitative estimate of drug-likeness (QED) is 0.755. The molecule has 0 aliphatic carbocycles. The van der Waals surface area contributed by atoms with Gasteiger partial charge in [0.1, 0.15) is 17.3 Å². The maximum atomic E-state index is 12.8. The van der Waals surface area contributed by atoms with Crippen molar-refractivity contribution in [3.05, 3.63) is 41.7 Å². The lowest BCUT2D eigenvalue weighted by Crippen LogP contribution is -2.20. The summed E-state index contributed by atoms with van der Waals surface area (Å²) in [6, 6.07) is 9.88. The van der Waals surface area contributed by atoms with Crippen molar-refractivity contribution >= 4 is 22.8 Å². The van der Waals surface area contributed by atoms with Crippen LogP contribution in [0.1, 0.15) is 26.2 Å². The Balaban J connectivity index is 1.74. The van der Waals surface area contributed by atoms with E-state index >= 15 is 0 Å². The molecule has 0 saturated heterocycles. The minimum Gasteiger partial charge on any atom is -0.497 e. The molecule has 2 N–H and O–H groups in total. The summed E-state index contributed by atoms with van der Waals surface area (Å²) >= 11 is 0. The molecule has 0 spiro atoms. The number of H-pyrrole nitrogens is 1. The molecule has 1 amide bonds. The number of nitrogens with one attached hydrogen (secondary N) is 2. The molecular weight excluding hydrogens is 330 g/mol. The lowest BCUT2D eigenvalue weighted by Gasteiger charge is -2.19. The number of benzene rings is 1. The van der Waals surface area contributed by atoms with Gasteiger partial charge in [-0.25, -0.2) is 4.68 Å². The van der Waals surface area contributed by atoms with Crippen LogP contribution in [-0.2, 0) is 16.6 Å². The molecule has 0 bridgehead atoms. The Labute approximate surface area is 151 Å². The van der Waals surface area contributed by atoms with Crippen LogP contribution >= 0.6 is 0 Å². The number of rotatable bonds is 4. The number of carbonyl (C=O) groups excluding carboxylic acids is 1. The van der Waals surface area contributed by atoms with Crippen LogP contribution < -0.4 is 5.32 Å². The Bertz CT molecular complexity index is 984. The number of allylic oxidation sites excluding steroid dienone is 1. The van der Waals surface area contributed by atoms with Gasteiger partial charge in [0, 0.05) is 19.0 Å². The van der Waals surface area contributed by atoms with Gasteiger partial charge in [-0.3, -0.25) is 9.89 Å². The maximum absolute atomic E-state index is 12.8. The first-order valence-corrected chi connectivity index (χ1v) is 8.81. The molecule has 26 heavy (non-hydrogen) atoms. The van der Waals surface area contributed by atoms with E-state index in [0.29, 0.717) is 30.1 Å². The molecular formula is C19H21N5O2. The molecule has 1 aliphatic heterocycles. The van der Waals surface area contributed by atoms with Gasteiger partial charge >= 0.3 is 0 Å². The van der Waals surface area contributed by atoms with E-state index in [4.69, 9.17) is 4.74 Å². The topological polar surface area (TPSA) is 84.8 Å². The van der Waals surface area contributed by atoms with Crippen molar-refractivity contribution < 1.29 is 9.53 Å². The van der Waals surface area contributed by atoms with E-state index in [1.165, 1.54) is 0 Å². The maximum Gasteiger partial charge on any atom is 0.256 e. The van der Waals surface area contributed by atoms with Crippen molar-refractivity contribution in [3.63, 3.8) is 0 Å². The monoisotopic (exact) mass is 351 g/mol.